The molecule has 1 unspecified atom stereocenters. The zero-order chi connectivity index (χ0) is 12.8. The summed E-state index contributed by atoms with van der Waals surface area (Å²) in [5.41, 5.74) is 8.08. The van der Waals surface area contributed by atoms with Crippen molar-refractivity contribution < 1.29 is 5.11 Å². The van der Waals surface area contributed by atoms with Gasteiger partial charge in [-0.25, -0.2) is 0 Å². The summed E-state index contributed by atoms with van der Waals surface area (Å²) < 4.78 is 1.00. The highest BCUT2D eigenvalue weighted by Gasteiger charge is 2.13. The summed E-state index contributed by atoms with van der Waals surface area (Å²) in [6, 6.07) is 5.98. The fourth-order valence-electron chi connectivity index (χ4n) is 1.76. The van der Waals surface area contributed by atoms with Crippen molar-refractivity contribution in [2.45, 2.75) is 13.0 Å². The van der Waals surface area contributed by atoms with Gasteiger partial charge < -0.3 is 15.7 Å². The normalized spacial score (nSPS) is 12.2. The van der Waals surface area contributed by atoms with Crippen molar-refractivity contribution in [3.63, 3.8) is 0 Å². The second-order valence-corrected chi connectivity index (χ2v) is 4.87. The highest BCUT2D eigenvalue weighted by Crippen LogP contribution is 2.28. The van der Waals surface area contributed by atoms with Crippen LogP contribution in [0.2, 0.25) is 0 Å². The number of halogens is 1. The monoisotopic (exact) mass is 298 g/mol. The largest absolute Gasteiger partial charge is 0.395 e. The van der Waals surface area contributed by atoms with Crippen LogP contribution in [-0.2, 0) is 0 Å². The number of nitrogens with zero attached hydrogens (tertiary/aromatic N) is 1. The highest BCUT2D eigenvalue weighted by atomic mass is 79.9. The van der Waals surface area contributed by atoms with Gasteiger partial charge in [-0.15, -0.1) is 6.58 Å². The van der Waals surface area contributed by atoms with Crippen molar-refractivity contribution >= 4 is 21.6 Å². The van der Waals surface area contributed by atoms with E-state index >= 15 is 0 Å². The van der Waals surface area contributed by atoms with Crippen LogP contribution in [-0.4, -0.2) is 24.8 Å². The zero-order valence-electron chi connectivity index (χ0n) is 10.1. The first kappa shape index (κ1) is 14.2. The van der Waals surface area contributed by atoms with E-state index in [0.29, 0.717) is 13.1 Å². The van der Waals surface area contributed by atoms with Gasteiger partial charge in [0.1, 0.15) is 0 Å². The van der Waals surface area contributed by atoms with Crippen molar-refractivity contribution in [1.29, 1.82) is 0 Å². The predicted octanol–water partition coefficient (Wildman–Crippen LogP) is 2.45. The lowest BCUT2D eigenvalue weighted by molar-refractivity contribution is 0.303. The number of rotatable bonds is 6. The van der Waals surface area contributed by atoms with Crippen LogP contribution in [0.25, 0.3) is 0 Å². The molecule has 1 aromatic carbocycles. The molecular formula is C13H19BrN2O. The quantitative estimate of drug-likeness (QED) is 0.793. The SMILES string of the molecule is C=CCN(CCO)c1cc(Br)ccc1C(C)N. The maximum Gasteiger partial charge on any atom is 0.0606 e. The van der Waals surface area contributed by atoms with E-state index in [2.05, 4.69) is 27.4 Å². The molecule has 0 amide bonds. The molecule has 3 nitrogen and oxygen atoms in total. The fraction of sp³-hybridized carbons (Fsp3) is 0.385. The second-order valence-electron chi connectivity index (χ2n) is 3.95. The van der Waals surface area contributed by atoms with Gasteiger partial charge in [-0.05, 0) is 24.6 Å². The Labute approximate surface area is 111 Å². The van der Waals surface area contributed by atoms with E-state index in [0.717, 1.165) is 15.7 Å². The maximum atomic E-state index is 9.10. The van der Waals surface area contributed by atoms with E-state index in [1.807, 2.05) is 31.2 Å². The first-order valence-electron chi connectivity index (χ1n) is 5.62. The molecule has 0 fully saturated rings. The van der Waals surface area contributed by atoms with Crippen molar-refractivity contribution in [2.24, 2.45) is 5.73 Å². The maximum absolute atomic E-state index is 9.10. The molecular weight excluding hydrogens is 280 g/mol. The average molecular weight is 299 g/mol. The summed E-state index contributed by atoms with van der Waals surface area (Å²) in [5, 5.41) is 9.10. The molecule has 1 rings (SSSR count). The fourth-order valence-corrected chi connectivity index (χ4v) is 2.11. The summed E-state index contributed by atoms with van der Waals surface area (Å²) in [6.45, 7) is 7.07. The van der Waals surface area contributed by atoms with E-state index in [4.69, 9.17) is 10.8 Å². The van der Waals surface area contributed by atoms with Gasteiger partial charge >= 0.3 is 0 Å². The molecule has 0 aromatic heterocycles. The average Bonchev–Trinajstić information content (AvgIpc) is 2.28. The molecule has 17 heavy (non-hydrogen) atoms. The molecule has 0 heterocycles. The Bertz CT molecular complexity index is 380. The number of nitrogens with two attached hydrogens (primary N) is 1. The standard InChI is InChI=1S/C13H19BrN2O/c1-3-6-16(7-8-17)13-9-11(14)4-5-12(13)10(2)15/h3-5,9-10,17H,1,6-8,15H2,2H3. The van der Waals surface area contributed by atoms with Gasteiger partial charge in [0.05, 0.1) is 6.61 Å². The van der Waals surface area contributed by atoms with Crippen LogP contribution in [0, 0.1) is 0 Å². The molecule has 0 aliphatic rings. The molecule has 3 N–H and O–H groups in total. The molecule has 4 heteroatoms. The molecule has 0 radical (unpaired) electrons. The summed E-state index contributed by atoms with van der Waals surface area (Å²) >= 11 is 3.46. The summed E-state index contributed by atoms with van der Waals surface area (Å²) in [4.78, 5) is 2.07. The number of benzene rings is 1. The first-order valence-corrected chi connectivity index (χ1v) is 6.41. The highest BCUT2D eigenvalue weighted by molar-refractivity contribution is 9.10. The Balaban J connectivity index is 3.13. The van der Waals surface area contributed by atoms with Crippen molar-refractivity contribution in [3.05, 3.63) is 40.9 Å². The molecule has 0 aliphatic heterocycles. The van der Waals surface area contributed by atoms with Crippen LogP contribution in [0.4, 0.5) is 5.69 Å². The van der Waals surface area contributed by atoms with E-state index in [9.17, 15) is 0 Å². The Morgan fingerprint density at radius 1 is 1.59 bits per heavy atom. The lowest BCUT2D eigenvalue weighted by atomic mass is 10.1. The summed E-state index contributed by atoms with van der Waals surface area (Å²) in [7, 11) is 0. The van der Waals surface area contributed by atoms with Crippen LogP contribution in [0.1, 0.15) is 18.5 Å². The van der Waals surface area contributed by atoms with Gasteiger partial charge in [0.2, 0.25) is 0 Å². The molecule has 1 aromatic rings. The van der Waals surface area contributed by atoms with Gasteiger partial charge in [0.25, 0.3) is 0 Å². The second kappa shape index (κ2) is 6.79. The third-order valence-electron chi connectivity index (χ3n) is 2.54. The van der Waals surface area contributed by atoms with Crippen molar-refractivity contribution in [3.8, 4) is 0 Å². The molecule has 0 saturated heterocycles. The molecule has 0 spiro atoms. The smallest absolute Gasteiger partial charge is 0.0606 e. The van der Waals surface area contributed by atoms with Crippen LogP contribution in [0.3, 0.4) is 0 Å². The van der Waals surface area contributed by atoms with Crippen molar-refractivity contribution in [2.75, 3.05) is 24.6 Å². The Hall–Kier alpha value is -0.840. The molecule has 0 bridgehead atoms. The van der Waals surface area contributed by atoms with Crippen LogP contribution >= 0.6 is 15.9 Å². The van der Waals surface area contributed by atoms with Gasteiger partial charge in [0, 0.05) is 29.3 Å². The number of anilines is 1. The molecule has 94 valence electrons. The Morgan fingerprint density at radius 2 is 2.29 bits per heavy atom. The first-order chi connectivity index (χ1) is 8.10. The van der Waals surface area contributed by atoms with Crippen LogP contribution in [0.15, 0.2) is 35.3 Å². The molecule has 0 aliphatic carbocycles. The molecule has 0 saturated carbocycles. The van der Waals surface area contributed by atoms with E-state index in [1.165, 1.54) is 0 Å². The Morgan fingerprint density at radius 3 is 2.82 bits per heavy atom. The third-order valence-corrected chi connectivity index (χ3v) is 3.04. The van der Waals surface area contributed by atoms with Gasteiger partial charge in [0.15, 0.2) is 0 Å². The minimum Gasteiger partial charge on any atom is -0.395 e. The van der Waals surface area contributed by atoms with E-state index in [1.54, 1.807) is 0 Å². The summed E-state index contributed by atoms with van der Waals surface area (Å²) in [5.74, 6) is 0. The predicted molar refractivity (Wildman–Crippen MR) is 76.2 cm³/mol. The molecule has 1 atom stereocenters. The van der Waals surface area contributed by atoms with Gasteiger partial charge in [-0.2, -0.15) is 0 Å². The number of aliphatic hydroxyl groups excluding tert-OH is 1. The summed E-state index contributed by atoms with van der Waals surface area (Å²) in [6.07, 6.45) is 1.82. The zero-order valence-corrected chi connectivity index (χ0v) is 11.7. The minimum absolute atomic E-state index is 0.0379. The lowest BCUT2D eigenvalue weighted by Crippen LogP contribution is -2.28. The topological polar surface area (TPSA) is 49.5 Å². The number of hydrogen-bond acceptors (Lipinski definition) is 3. The van der Waals surface area contributed by atoms with Gasteiger partial charge in [-0.3, -0.25) is 0 Å². The van der Waals surface area contributed by atoms with Crippen molar-refractivity contribution in [1.82, 2.24) is 0 Å². The number of hydrogen-bond donors (Lipinski definition) is 2. The van der Waals surface area contributed by atoms with Crippen LogP contribution < -0.4 is 10.6 Å². The lowest BCUT2D eigenvalue weighted by Gasteiger charge is -2.26. The Kier molecular flexibility index (Phi) is 5.68. The van der Waals surface area contributed by atoms with Crippen LogP contribution in [0.5, 0.6) is 0 Å². The number of aliphatic hydroxyl groups is 1. The third kappa shape index (κ3) is 3.84. The van der Waals surface area contributed by atoms with Gasteiger partial charge in [-0.1, -0.05) is 28.1 Å². The van der Waals surface area contributed by atoms with E-state index in [-0.39, 0.29) is 12.6 Å². The minimum atomic E-state index is -0.0379. The van der Waals surface area contributed by atoms with E-state index < -0.39 is 0 Å².